The van der Waals surface area contributed by atoms with Gasteiger partial charge in [-0.25, -0.2) is 0 Å². The Hall–Kier alpha value is -3.04. The number of hydrogen-bond donors (Lipinski definition) is 5. The van der Waals surface area contributed by atoms with Gasteiger partial charge in [-0.3, -0.25) is 19.2 Å². The van der Waals surface area contributed by atoms with Crippen molar-refractivity contribution in [1.29, 1.82) is 0 Å². The molecule has 1 aromatic rings. The van der Waals surface area contributed by atoms with Gasteiger partial charge in [0.1, 0.15) is 17.3 Å². The van der Waals surface area contributed by atoms with Crippen LogP contribution in [0.15, 0.2) is 23.5 Å². The zero-order valence-electron chi connectivity index (χ0n) is 19.3. The number of aliphatic hydroxyl groups excluding tert-OH is 2. The van der Waals surface area contributed by atoms with E-state index in [1.165, 1.54) is 6.07 Å². The van der Waals surface area contributed by atoms with Gasteiger partial charge in [-0.2, -0.15) is 0 Å². The number of aliphatic hydroxyl groups is 3. The number of nitrogens with two attached hydrogens (primary N) is 1. The lowest BCUT2D eigenvalue weighted by molar-refractivity contribution is -0.147. The highest BCUT2D eigenvalue weighted by molar-refractivity contribution is 6.15. The van der Waals surface area contributed by atoms with Gasteiger partial charge in [0.05, 0.1) is 12.0 Å². The molecule has 3 rings (SSSR count). The van der Waals surface area contributed by atoms with Crippen LogP contribution in [0.2, 0.25) is 0 Å². The van der Waals surface area contributed by atoms with Crippen molar-refractivity contribution in [2.75, 3.05) is 6.61 Å². The van der Waals surface area contributed by atoms with Crippen molar-refractivity contribution in [2.24, 2.45) is 23.5 Å². The Labute approximate surface area is 197 Å². The van der Waals surface area contributed by atoms with Crippen LogP contribution in [0.3, 0.4) is 0 Å². The SMILES string of the molecule is CC(C)CC(=O)Cc1ccc(O)c2c1C[C@H]1C[C@@H](CCO)[C@@](O)(C(=O)CC(N)=O)C(O)=C1C2=O. The number of aromatic hydroxyl groups is 1. The summed E-state index contributed by atoms with van der Waals surface area (Å²) in [6, 6.07) is 2.92. The Morgan fingerprint density at radius 1 is 1.21 bits per heavy atom. The van der Waals surface area contributed by atoms with Crippen LogP contribution < -0.4 is 5.73 Å². The highest BCUT2D eigenvalue weighted by atomic mass is 16.3. The zero-order chi connectivity index (χ0) is 25.4. The predicted molar refractivity (Wildman–Crippen MR) is 121 cm³/mol. The summed E-state index contributed by atoms with van der Waals surface area (Å²) in [5.41, 5.74) is 3.38. The minimum absolute atomic E-state index is 0.00671. The highest BCUT2D eigenvalue weighted by Crippen LogP contribution is 2.49. The number of allylic oxidation sites excluding steroid dienone is 1. The third-order valence-electron chi connectivity index (χ3n) is 6.76. The Morgan fingerprint density at radius 2 is 1.88 bits per heavy atom. The Morgan fingerprint density at radius 3 is 2.47 bits per heavy atom. The van der Waals surface area contributed by atoms with Crippen LogP contribution in [0, 0.1) is 17.8 Å². The van der Waals surface area contributed by atoms with Crippen LogP contribution in [0.1, 0.15) is 61.0 Å². The van der Waals surface area contributed by atoms with Gasteiger partial charge in [0.2, 0.25) is 5.91 Å². The van der Waals surface area contributed by atoms with Gasteiger partial charge < -0.3 is 26.2 Å². The first-order valence-electron chi connectivity index (χ1n) is 11.4. The van der Waals surface area contributed by atoms with Crippen LogP contribution in [0.4, 0.5) is 0 Å². The molecule has 0 heterocycles. The normalized spacial score (nSPS) is 24.1. The van der Waals surface area contributed by atoms with Gasteiger partial charge in [0.15, 0.2) is 17.2 Å². The lowest BCUT2D eigenvalue weighted by Gasteiger charge is -2.43. The maximum absolute atomic E-state index is 13.5. The van der Waals surface area contributed by atoms with E-state index >= 15 is 0 Å². The number of phenols is 1. The largest absolute Gasteiger partial charge is 0.508 e. The number of ketones is 3. The maximum Gasteiger partial charge on any atom is 0.225 e. The molecule has 0 spiro atoms. The third-order valence-corrected chi connectivity index (χ3v) is 6.76. The van der Waals surface area contributed by atoms with E-state index in [1.807, 2.05) is 13.8 Å². The molecule has 1 aromatic carbocycles. The smallest absolute Gasteiger partial charge is 0.225 e. The van der Waals surface area contributed by atoms with E-state index in [9.17, 15) is 39.6 Å². The number of carbonyl (C=O) groups excluding carboxylic acids is 4. The first kappa shape index (κ1) is 25.6. The van der Waals surface area contributed by atoms with E-state index in [0.717, 1.165) is 0 Å². The molecule has 9 heteroatoms. The summed E-state index contributed by atoms with van der Waals surface area (Å²) >= 11 is 0. The molecule has 6 N–H and O–H groups in total. The van der Waals surface area contributed by atoms with Gasteiger partial charge in [-0.15, -0.1) is 0 Å². The maximum atomic E-state index is 13.5. The van der Waals surface area contributed by atoms with Crippen molar-refractivity contribution in [3.8, 4) is 5.75 Å². The van der Waals surface area contributed by atoms with Crippen LogP contribution in [-0.2, 0) is 27.2 Å². The topological polar surface area (TPSA) is 175 Å². The van der Waals surface area contributed by atoms with Crippen molar-refractivity contribution in [1.82, 2.24) is 0 Å². The van der Waals surface area contributed by atoms with E-state index in [2.05, 4.69) is 0 Å². The van der Waals surface area contributed by atoms with Crippen LogP contribution in [0.25, 0.3) is 0 Å². The van der Waals surface area contributed by atoms with Gasteiger partial charge in [-0.05, 0) is 48.3 Å². The molecule has 34 heavy (non-hydrogen) atoms. The minimum Gasteiger partial charge on any atom is -0.508 e. The van der Waals surface area contributed by atoms with Gasteiger partial charge >= 0.3 is 0 Å². The summed E-state index contributed by atoms with van der Waals surface area (Å²) in [5.74, 6) is -5.42. The van der Waals surface area contributed by atoms with Crippen LogP contribution >= 0.6 is 0 Å². The molecule has 0 aliphatic heterocycles. The average Bonchev–Trinajstić information content (AvgIpc) is 2.72. The molecule has 184 valence electrons. The summed E-state index contributed by atoms with van der Waals surface area (Å²) in [5, 5.41) is 42.2. The Bertz CT molecular complexity index is 1070. The zero-order valence-corrected chi connectivity index (χ0v) is 19.3. The monoisotopic (exact) mass is 473 g/mol. The first-order valence-corrected chi connectivity index (χ1v) is 11.4. The number of carbonyl (C=O) groups is 4. The number of benzene rings is 1. The molecular formula is C25H31NO8. The molecule has 0 fully saturated rings. The molecule has 0 radical (unpaired) electrons. The van der Waals surface area contributed by atoms with Crippen molar-refractivity contribution < 1.29 is 39.6 Å². The van der Waals surface area contributed by atoms with E-state index in [1.54, 1.807) is 6.07 Å². The molecule has 1 amide bonds. The molecule has 9 nitrogen and oxygen atoms in total. The number of fused-ring (bicyclic) bond motifs is 2. The first-order chi connectivity index (χ1) is 15.9. The number of rotatable bonds is 9. The van der Waals surface area contributed by atoms with Crippen molar-refractivity contribution in [2.45, 2.75) is 58.0 Å². The second kappa shape index (κ2) is 9.68. The van der Waals surface area contributed by atoms with Gasteiger partial charge in [0.25, 0.3) is 0 Å². The fourth-order valence-electron chi connectivity index (χ4n) is 5.29. The van der Waals surface area contributed by atoms with Crippen molar-refractivity contribution >= 4 is 23.3 Å². The molecule has 0 saturated carbocycles. The summed E-state index contributed by atoms with van der Waals surface area (Å²) < 4.78 is 0. The number of Topliss-reactive ketones (excluding diaryl/α,β-unsaturated/α-hetero) is 3. The predicted octanol–water partition coefficient (Wildman–Crippen LogP) is 1.29. The molecule has 2 aliphatic carbocycles. The summed E-state index contributed by atoms with van der Waals surface area (Å²) in [4.78, 5) is 50.0. The lowest BCUT2D eigenvalue weighted by atomic mass is 9.62. The quantitative estimate of drug-likeness (QED) is 0.333. The summed E-state index contributed by atoms with van der Waals surface area (Å²) in [6.45, 7) is 3.46. The fourth-order valence-corrected chi connectivity index (χ4v) is 5.29. The van der Waals surface area contributed by atoms with E-state index in [4.69, 9.17) is 5.73 Å². The van der Waals surface area contributed by atoms with Gasteiger partial charge in [-0.1, -0.05) is 19.9 Å². The molecule has 0 bridgehead atoms. The van der Waals surface area contributed by atoms with E-state index in [-0.39, 0.29) is 54.3 Å². The number of phenolic OH excluding ortho intramolecular Hbond substituents is 1. The standard InChI is InChI=1S/C25H31NO8/c1-12(2)7-16(28)9-13-3-4-18(29)22-17(13)10-14-8-15(5-6-27)25(34,19(30)11-20(26)31)24(33)21(14)23(22)32/h3-4,12,14-15,27,29,33-34H,5-11H2,1-2H3,(H2,26,31)/t14-,15-,25-/m1/s1. The molecule has 3 atom stereocenters. The molecule has 0 unspecified atom stereocenters. The number of primary amides is 1. The third kappa shape index (κ3) is 4.50. The van der Waals surface area contributed by atoms with E-state index in [0.29, 0.717) is 17.5 Å². The van der Waals surface area contributed by atoms with Crippen LogP contribution in [0.5, 0.6) is 5.75 Å². The lowest BCUT2D eigenvalue weighted by Crippen LogP contribution is -2.54. The number of amides is 1. The van der Waals surface area contributed by atoms with Crippen molar-refractivity contribution in [3.05, 3.63) is 40.2 Å². The molecule has 0 saturated heterocycles. The molecule has 0 aromatic heterocycles. The number of hydrogen-bond acceptors (Lipinski definition) is 8. The fraction of sp³-hybridized carbons (Fsp3) is 0.520. The Kier molecular flexibility index (Phi) is 7.28. The Balaban J connectivity index is 2.12. The van der Waals surface area contributed by atoms with E-state index < -0.39 is 53.7 Å². The highest BCUT2D eigenvalue weighted by Gasteiger charge is 2.55. The molecular weight excluding hydrogens is 442 g/mol. The average molecular weight is 474 g/mol. The summed E-state index contributed by atoms with van der Waals surface area (Å²) in [7, 11) is 0. The second-order valence-electron chi connectivity index (χ2n) is 9.68. The van der Waals surface area contributed by atoms with Crippen LogP contribution in [-0.4, -0.2) is 55.9 Å². The molecule has 2 aliphatic rings. The second-order valence-corrected chi connectivity index (χ2v) is 9.68. The van der Waals surface area contributed by atoms with Crippen molar-refractivity contribution in [3.63, 3.8) is 0 Å². The summed E-state index contributed by atoms with van der Waals surface area (Å²) in [6.07, 6.45) is -0.184. The minimum atomic E-state index is -2.56. The van der Waals surface area contributed by atoms with Gasteiger partial charge in [0, 0.05) is 30.9 Å².